The first-order valence-corrected chi connectivity index (χ1v) is 6.93. The van der Waals surface area contributed by atoms with E-state index in [1.165, 1.54) is 5.56 Å². The molecular formula is C14H18BrNO2. The minimum absolute atomic E-state index is 0.269. The van der Waals surface area contributed by atoms with E-state index in [1.54, 1.807) is 6.08 Å². The van der Waals surface area contributed by atoms with Gasteiger partial charge in [0, 0.05) is 13.1 Å². The highest BCUT2D eigenvalue weighted by Crippen LogP contribution is 2.26. The Hall–Kier alpha value is -0.840. The topological polar surface area (TPSA) is 30.5 Å². The fraction of sp³-hybridized carbons (Fsp3) is 0.429. The molecule has 4 heteroatoms. The average Bonchev–Trinajstić information content (AvgIpc) is 2.39. The van der Waals surface area contributed by atoms with Gasteiger partial charge in [0.15, 0.2) is 0 Å². The highest BCUT2D eigenvalue weighted by atomic mass is 79.9. The van der Waals surface area contributed by atoms with E-state index in [-0.39, 0.29) is 6.10 Å². The number of ether oxygens (including phenoxy) is 2. The van der Waals surface area contributed by atoms with Crippen molar-refractivity contribution in [3.05, 3.63) is 40.9 Å². The molecular weight excluding hydrogens is 294 g/mol. The predicted octanol–water partition coefficient (Wildman–Crippen LogP) is 2.54. The summed E-state index contributed by atoms with van der Waals surface area (Å²) in [5.74, 6) is 0.848. The van der Waals surface area contributed by atoms with Crippen LogP contribution in [0.1, 0.15) is 5.56 Å². The normalized spacial score (nSPS) is 19.5. The highest BCUT2D eigenvalue weighted by molar-refractivity contribution is 9.10. The molecule has 1 heterocycles. The lowest BCUT2D eigenvalue weighted by Crippen LogP contribution is -2.39. The van der Waals surface area contributed by atoms with E-state index in [2.05, 4.69) is 40.0 Å². The van der Waals surface area contributed by atoms with Crippen LogP contribution in [0, 0.1) is 0 Å². The van der Waals surface area contributed by atoms with Crippen LogP contribution in [-0.4, -0.2) is 32.4 Å². The summed E-state index contributed by atoms with van der Waals surface area (Å²) in [6.07, 6.45) is 2.93. The molecule has 1 aromatic rings. The number of halogens is 1. The highest BCUT2D eigenvalue weighted by Gasteiger charge is 2.14. The van der Waals surface area contributed by atoms with Gasteiger partial charge in [0.2, 0.25) is 0 Å². The Kier molecular flexibility index (Phi) is 5.23. The molecule has 18 heavy (non-hydrogen) atoms. The summed E-state index contributed by atoms with van der Waals surface area (Å²) in [7, 11) is 0. The minimum Gasteiger partial charge on any atom is -0.488 e. The lowest BCUT2D eigenvalue weighted by Gasteiger charge is -2.23. The maximum atomic E-state index is 5.69. The van der Waals surface area contributed by atoms with Crippen molar-refractivity contribution in [2.45, 2.75) is 12.5 Å². The molecule has 1 fully saturated rings. The van der Waals surface area contributed by atoms with Gasteiger partial charge in [-0.25, -0.2) is 0 Å². The van der Waals surface area contributed by atoms with E-state index in [0.29, 0.717) is 6.61 Å². The molecule has 3 nitrogen and oxygen atoms in total. The van der Waals surface area contributed by atoms with E-state index in [0.717, 1.165) is 36.3 Å². The molecule has 0 saturated carbocycles. The van der Waals surface area contributed by atoms with Crippen LogP contribution in [0.3, 0.4) is 0 Å². The zero-order chi connectivity index (χ0) is 12.8. The third kappa shape index (κ3) is 3.83. The largest absolute Gasteiger partial charge is 0.488 e. The van der Waals surface area contributed by atoms with Crippen molar-refractivity contribution in [3.8, 4) is 5.75 Å². The van der Waals surface area contributed by atoms with Crippen molar-refractivity contribution in [1.29, 1.82) is 0 Å². The molecule has 1 atom stereocenters. The molecule has 1 aliphatic heterocycles. The summed E-state index contributed by atoms with van der Waals surface area (Å²) >= 11 is 3.53. The third-order valence-corrected chi connectivity index (χ3v) is 3.44. The van der Waals surface area contributed by atoms with E-state index in [1.807, 2.05) is 6.07 Å². The summed E-state index contributed by atoms with van der Waals surface area (Å²) < 4.78 is 12.2. The van der Waals surface area contributed by atoms with Crippen molar-refractivity contribution in [2.24, 2.45) is 0 Å². The predicted molar refractivity (Wildman–Crippen MR) is 76.1 cm³/mol. The molecule has 98 valence electrons. The first-order chi connectivity index (χ1) is 8.79. The molecule has 0 unspecified atom stereocenters. The van der Waals surface area contributed by atoms with Crippen molar-refractivity contribution in [1.82, 2.24) is 5.32 Å². The molecule has 1 aromatic carbocycles. The third-order valence-electron chi connectivity index (χ3n) is 2.82. The molecule has 1 N–H and O–H groups in total. The second kappa shape index (κ2) is 6.92. The van der Waals surface area contributed by atoms with E-state index in [4.69, 9.17) is 9.47 Å². The molecule has 0 bridgehead atoms. The zero-order valence-electron chi connectivity index (χ0n) is 10.3. The average molecular weight is 312 g/mol. The molecule has 0 amide bonds. The number of benzene rings is 1. The number of hydrogen-bond donors (Lipinski definition) is 1. The van der Waals surface area contributed by atoms with E-state index < -0.39 is 0 Å². The van der Waals surface area contributed by atoms with Gasteiger partial charge >= 0.3 is 0 Å². The molecule has 1 saturated heterocycles. The second-order valence-electron chi connectivity index (χ2n) is 4.27. The SMILES string of the molecule is C=CCOc1ccc(C[C@@H]2CNCCO2)cc1Br. The Morgan fingerprint density at radius 1 is 1.56 bits per heavy atom. The Labute approximate surface area is 116 Å². The fourth-order valence-corrected chi connectivity index (χ4v) is 2.49. The fourth-order valence-electron chi connectivity index (χ4n) is 1.95. The van der Waals surface area contributed by atoms with Crippen LogP contribution in [0.25, 0.3) is 0 Å². The van der Waals surface area contributed by atoms with Gasteiger partial charge in [-0.1, -0.05) is 18.7 Å². The van der Waals surface area contributed by atoms with Crippen LogP contribution < -0.4 is 10.1 Å². The van der Waals surface area contributed by atoms with Crippen LogP contribution in [-0.2, 0) is 11.2 Å². The van der Waals surface area contributed by atoms with Crippen LogP contribution >= 0.6 is 15.9 Å². The van der Waals surface area contributed by atoms with Gasteiger partial charge in [0.25, 0.3) is 0 Å². The van der Waals surface area contributed by atoms with Crippen molar-refractivity contribution in [3.63, 3.8) is 0 Å². The molecule has 0 radical (unpaired) electrons. The number of morpholine rings is 1. The van der Waals surface area contributed by atoms with E-state index in [9.17, 15) is 0 Å². The summed E-state index contributed by atoms with van der Waals surface area (Å²) in [4.78, 5) is 0. The number of rotatable bonds is 5. The van der Waals surface area contributed by atoms with Gasteiger partial charge in [-0.05, 0) is 40.0 Å². The molecule has 0 aliphatic carbocycles. The maximum Gasteiger partial charge on any atom is 0.133 e. The van der Waals surface area contributed by atoms with Gasteiger partial charge in [0.1, 0.15) is 12.4 Å². The summed E-state index contributed by atoms with van der Waals surface area (Å²) in [5, 5.41) is 3.34. The maximum absolute atomic E-state index is 5.69. The van der Waals surface area contributed by atoms with Crippen LogP contribution in [0.4, 0.5) is 0 Å². The summed E-state index contributed by atoms with van der Waals surface area (Å²) in [5.41, 5.74) is 1.25. The van der Waals surface area contributed by atoms with Crippen LogP contribution in [0.15, 0.2) is 35.3 Å². The monoisotopic (exact) mass is 311 g/mol. The Morgan fingerprint density at radius 3 is 3.11 bits per heavy atom. The molecule has 1 aliphatic rings. The Balaban J connectivity index is 1.96. The standard InChI is InChI=1S/C14H18BrNO2/c1-2-6-18-14-4-3-11(9-13(14)15)8-12-10-16-5-7-17-12/h2-4,9,12,16H,1,5-8,10H2/t12-/m1/s1. The lowest BCUT2D eigenvalue weighted by atomic mass is 10.1. The summed E-state index contributed by atoms with van der Waals surface area (Å²) in [6, 6.07) is 6.16. The molecule has 0 spiro atoms. The molecule has 2 rings (SSSR count). The second-order valence-corrected chi connectivity index (χ2v) is 5.12. The molecule has 0 aromatic heterocycles. The van der Waals surface area contributed by atoms with Gasteiger partial charge < -0.3 is 14.8 Å². The van der Waals surface area contributed by atoms with Gasteiger partial charge in [-0.2, -0.15) is 0 Å². The van der Waals surface area contributed by atoms with Gasteiger partial charge in [0.05, 0.1) is 17.2 Å². The lowest BCUT2D eigenvalue weighted by molar-refractivity contribution is 0.0292. The van der Waals surface area contributed by atoms with Gasteiger partial charge in [-0.15, -0.1) is 0 Å². The first kappa shape index (κ1) is 13.6. The van der Waals surface area contributed by atoms with Crippen LogP contribution in [0.2, 0.25) is 0 Å². The minimum atomic E-state index is 0.269. The van der Waals surface area contributed by atoms with Crippen molar-refractivity contribution >= 4 is 15.9 Å². The zero-order valence-corrected chi connectivity index (χ0v) is 11.9. The summed E-state index contributed by atoms with van der Waals surface area (Å²) in [6.45, 7) is 6.83. The van der Waals surface area contributed by atoms with Crippen molar-refractivity contribution in [2.75, 3.05) is 26.3 Å². The van der Waals surface area contributed by atoms with E-state index >= 15 is 0 Å². The van der Waals surface area contributed by atoms with Crippen molar-refractivity contribution < 1.29 is 9.47 Å². The quantitative estimate of drug-likeness (QED) is 0.848. The number of nitrogens with one attached hydrogen (secondary N) is 1. The smallest absolute Gasteiger partial charge is 0.133 e. The Bertz CT molecular complexity index is 403. The van der Waals surface area contributed by atoms with Gasteiger partial charge in [-0.3, -0.25) is 0 Å². The number of hydrogen-bond acceptors (Lipinski definition) is 3. The first-order valence-electron chi connectivity index (χ1n) is 6.14. The van der Waals surface area contributed by atoms with Crippen LogP contribution in [0.5, 0.6) is 5.75 Å². The Morgan fingerprint density at radius 2 is 2.44 bits per heavy atom.